The van der Waals surface area contributed by atoms with Gasteiger partial charge >= 0.3 is 0 Å². The van der Waals surface area contributed by atoms with Gasteiger partial charge in [-0.15, -0.1) is 34.3 Å². The van der Waals surface area contributed by atoms with E-state index in [2.05, 4.69) is 23.4 Å². The van der Waals surface area contributed by atoms with Gasteiger partial charge in [-0.25, -0.2) is 4.98 Å². The van der Waals surface area contributed by atoms with Gasteiger partial charge in [0.2, 0.25) is 0 Å². The average molecular weight is 230 g/mol. The third kappa shape index (κ3) is 1.93. The molecule has 0 aliphatic carbocycles. The summed E-state index contributed by atoms with van der Waals surface area (Å²) in [5.41, 5.74) is 1.21. The first-order valence-electron chi connectivity index (χ1n) is 3.86. The van der Waals surface area contributed by atoms with Crippen LogP contribution in [0.3, 0.4) is 0 Å². The number of hydrogen-bond acceptors (Lipinski definition) is 3. The third-order valence-corrected chi connectivity index (χ3v) is 4.02. The Labute approximate surface area is 90.0 Å². The van der Waals surface area contributed by atoms with Crippen LogP contribution >= 0.6 is 34.3 Å². The molecular formula is C9H8ClNS2. The van der Waals surface area contributed by atoms with Gasteiger partial charge in [0.05, 0.1) is 5.88 Å². The molecule has 2 rings (SSSR count). The van der Waals surface area contributed by atoms with Crippen LogP contribution in [-0.4, -0.2) is 4.98 Å². The molecule has 0 unspecified atom stereocenters. The lowest BCUT2D eigenvalue weighted by Gasteiger charge is -1.86. The van der Waals surface area contributed by atoms with Crippen molar-refractivity contribution < 1.29 is 0 Å². The molecule has 0 aromatic carbocycles. The molecule has 0 radical (unpaired) electrons. The van der Waals surface area contributed by atoms with Crippen LogP contribution in [0.15, 0.2) is 17.6 Å². The van der Waals surface area contributed by atoms with Crippen LogP contribution in [0.25, 0.3) is 10.6 Å². The van der Waals surface area contributed by atoms with Crippen LogP contribution in [0.5, 0.6) is 0 Å². The number of aromatic nitrogens is 1. The van der Waals surface area contributed by atoms with Crippen LogP contribution in [0.1, 0.15) is 9.75 Å². The highest BCUT2D eigenvalue weighted by atomic mass is 35.5. The molecule has 0 amide bonds. The second-order valence-corrected chi connectivity index (χ2v) is 5.21. The van der Waals surface area contributed by atoms with Crippen LogP contribution in [0, 0.1) is 6.92 Å². The van der Waals surface area contributed by atoms with Crippen molar-refractivity contribution in [3.63, 3.8) is 0 Å². The number of hydrogen-bond donors (Lipinski definition) is 0. The minimum Gasteiger partial charge on any atom is -0.244 e. The van der Waals surface area contributed by atoms with Gasteiger partial charge in [0, 0.05) is 26.9 Å². The third-order valence-electron chi connectivity index (χ3n) is 1.66. The van der Waals surface area contributed by atoms with Crippen molar-refractivity contribution in [2.75, 3.05) is 0 Å². The minimum atomic E-state index is 0.556. The zero-order chi connectivity index (χ0) is 9.26. The molecule has 13 heavy (non-hydrogen) atoms. The Morgan fingerprint density at radius 1 is 1.54 bits per heavy atom. The fraction of sp³-hybridized carbons (Fsp3) is 0.222. The maximum atomic E-state index is 5.71. The van der Waals surface area contributed by atoms with Gasteiger partial charge in [-0.05, 0) is 13.0 Å². The van der Waals surface area contributed by atoms with Gasteiger partial charge in [0.25, 0.3) is 0 Å². The summed E-state index contributed by atoms with van der Waals surface area (Å²) in [5, 5.41) is 3.20. The second kappa shape index (κ2) is 3.78. The van der Waals surface area contributed by atoms with Crippen molar-refractivity contribution in [2.24, 2.45) is 0 Å². The maximum Gasteiger partial charge on any atom is 0.124 e. The molecule has 0 aliphatic heterocycles. The summed E-state index contributed by atoms with van der Waals surface area (Å²) in [6.45, 7) is 2.10. The number of thiazole rings is 1. The molecule has 4 heteroatoms. The number of nitrogens with zero attached hydrogens (tertiary/aromatic N) is 1. The van der Waals surface area contributed by atoms with E-state index in [0.717, 1.165) is 9.88 Å². The lowest BCUT2D eigenvalue weighted by Crippen LogP contribution is -1.66. The van der Waals surface area contributed by atoms with Gasteiger partial charge in [0.1, 0.15) is 5.01 Å². The molecule has 0 aliphatic rings. The van der Waals surface area contributed by atoms with Gasteiger partial charge in [-0.2, -0.15) is 0 Å². The molecule has 2 heterocycles. The SMILES string of the molecule is Cc1cc(-c2ncc(CCl)s2)cs1. The first-order valence-corrected chi connectivity index (χ1v) is 6.09. The predicted octanol–water partition coefficient (Wildman–Crippen LogP) is 3.92. The standard InChI is InChI=1S/C9H8ClNS2/c1-6-2-7(5-12-6)9-11-4-8(3-10)13-9/h2,4-5H,3H2,1H3. The lowest BCUT2D eigenvalue weighted by molar-refractivity contribution is 1.37. The van der Waals surface area contributed by atoms with Crippen molar-refractivity contribution in [1.29, 1.82) is 0 Å². The normalized spacial score (nSPS) is 10.6. The molecule has 0 N–H and O–H groups in total. The molecule has 2 aromatic rings. The Morgan fingerprint density at radius 3 is 2.92 bits per heavy atom. The summed E-state index contributed by atoms with van der Waals surface area (Å²) in [7, 11) is 0. The Balaban J connectivity index is 2.35. The van der Waals surface area contributed by atoms with Crippen LogP contribution in [0.4, 0.5) is 0 Å². The highest BCUT2D eigenvalue weighted by molar-refractivity contribution is 7.16. The van der Waals surface area contributed by atoms with Crippen molar-refractivity contribution in [2.45, 2.75) is 12.8 Å². The van der Waals surface area contributed by atoms with E-state index in [4.69, 9.17) is 11.6 Å². The first kappa shape index (κ1) is 9.19. The van der Waals surface area contributed by atoms with E-state index in [-0.39, 0.29) is 0 Å². The summed E-state index contributed by atoms with van der Waals surface area (Å²) < 4.78 is 0. The summed E-state index contributed by atoms with van der Waals surface area (Å²) in [4.78, 5) is 6.75. The first-order chi connectivity index (χ1) is 6.29. The van der Waals surface area contributed by atoms with Gasteiger partial charge in [0.15, 0.2) is 0 Å². The van der Waals surface area contributed by atoms with Gasteiger partial charge in [-0.3, -0.25) is 0 Å². The van der Waals surface area contributed by atoms with Crippen molar-refractivity contribution in [3.8, 4) is 10.6 Å². The van der Waals surface area contributed by atoms with Crippen LogP contribution < -0.4 is 0 Å². The molecule has 0 bridgehead atoms. The molecule has 1 nitrogen and oxygen atoms in total. The average Bonchev–Trinajstić information content (AvgIpc) is 2.71. The predicted molar refractivity (Wildman–Crippen MR) is 59.7 cm³/mol. The van der Waals surface area contributed by atoms with E-state index >= 15 is 0 Å². The van der Waals surface area contributed by atoms with E-state index in [1.54, 1.807) is 22.7 Å². The summed E-state index contributed by atoms with van der Waals surface area (Å²) in [6, 6.07) is 2.15. The highest BCUT2D eigenvalue weighted by Gasteiger charge is 2.04. The topological polar surface area (TPSA) is 12.9 Å². The zero-order valence-electron chi connectivity index (χ0n) is 7.08. The Morgan fingerprint density at radius 2 is 2.38 bits per heavy atom. The lowest BCUT2D eigenvalue weighted by atomic mass is 10.3. The van der Waals surface area contributed by atoms with Crippen molar-refractivity contribution in [1.82, 2.24) is 4.98 Å². The van der Waals surface area contributed by atoms with E-state index in [0.29, 0.717) is 5.88 Å². The molecule has 0 saturated heterocycles. The fourth-order valence-electron chi connectivity index (χ4n) is 1.06. The largest absolute Gasteiger partial charge is 0.244 e. The summed E-state index contributed by atoms with van der Waals surface area (Å²) in [6.07, 6.45) is 1.85. The molecular weight excluding hydrogens is 222 g/mol. The van der Waals surface area contributed by atoms with E-state index < -0.39 is 0 Å². The molecule has 0 spiro atoms. The minimum absolute atomic E-state index is 0.556. The van der Waals surface area contributed by atoms with E-state index in [9.17, 15) is 0 Å². The van der Waals surface area contributed by atoms with Crippen LogP contribution in [-0.2, 0) is 5.88 Å². The Kier molecular flexibility index (Phi) is 2.67. The highest BCUT2D eigenvalue weighted by Crippen LogP contribution is 2.29. The smallest absolute Gasteiger partial charge is 0.124 e. The maximum absolute atomic E-state index is 5.71. The quantitative estimate of drug-likeness (QED) is 0.712. The molecule has 68 valence electrons. The Bertz CT molecular complexity index is 405. The number of rotatable bonds is 2. The second-order valence-electron chi connectivity index (χ2n) is 2.71. The molecule has 2 aromatic heterocycles. The van der Waals surface area contributed by atoms with Crippen LogP contribution in [0.2, 0.25) is 0 Å². The van der Waals surface area contributed by atoms with Crippen molar-refractivity contribution >= 4 is 34.3 Å². The number of alkyl halides is 1. The summed E-state index contributed by atoms with van der Waals surface area (Å²) >= 11 is 9.12. The number of aryl methyl sites for hydroxylation is 1. The Hall–Kier alpha value is -0.380. The van der Waals surface area contributed by atoms with Gasteiger partial charge < -0.3 is 0 Å². The zero-order valence-corrected chi connectivity index (χ0v) is 9.47. The molecule has 0 atom stereocenters. The number of halogens is 1. The fourth-order valence-corrected chi connectivity index (χ4v) is 2.80. The molecule has 0 saturated carbocycles. The van der Waals surface area contributed by atoms with E-state index in [1.165, 1.54) is 10.4 Å². The van der Waals surface area contributed by atoms with Crippen molar-refractivity contribution in [3.05, 3.63) is 27.4 Å². The monoisotopic (exact) mass is 229 g/mol. The number of thiophene rings is 1. The molecule has 0 fully saturated rings. The van der Waals surface area contributed by atoms with Gasteiger partial charge in [-0.1, -0.05) is 0 Å². The summed E-state index contributed by atoms with van der Waals surface area (Å²) in [5.74, 6) is 0.556. The van der Waals surface area contributed by atoms with E-state index in [1.807, 2.05) is 6.20 Å².